The molecule has 0 radical (unpaired) electrons. The third kappa shape index (κ3) is 3.56. The van der Waals surface area contributed by atoms with Crippen LogP contribution in [0.1, 0.15) is 28.3 Å². The fraction of sp³-hybridized carbons (Fsp3) is 0.300. The zero-order valence-corrected chi connectivity index (χ0v) is 19.6. The molecule has 2 aliphatic heterocycles. The van der Waals surface area contributed by atoms with Crippen LogP contribution in [0.4, 0.5) is 0 Å². The Morgan fingerprint density at radius 2 is 1.69 bits per heavy atom. The summed E-state index contributed by atoms with van der Waals surface area (Å²) in [5.41, 5.74) is 4.42. The molecular weight excluding hydrogens is 604 g/mol. The summed E-state index contributed by atoms with van der Waals surface area (Å²) >= 11 is 4.67. The van der Waals surface area contributed by atoms with Crippen molar-refractivity contribution in [3.05, 3.63) is 53.7 Å². The molecule has 4 rings (SSSR count). The van der Waals surface area contributed by atoms with Gasteiger partial charge in [-0.2, -0.15) is 0 Å². The van der Waals surface area contributed by atoms with Crippen LogP contribution in [0.3, 0.4) is 0 Å². The van der Waals surface area contributed by atoms with Gasteiger partial charge in [0.1, 0.15) is 0 Å². The molecule has 0 bridgehead atoms. The molecule has 1 unspecified atom stereocenters. The maximum atomic E-state index is 11.5. The minimum absolute atomic E-state index is 0.00612. The third-order valence-corrected chi connectivity index (χ3v) is 7.46. The van der Waals surface area contributed by atoms with Crippen LogP contribution >= 0.6 is 45.2 Å². The Hall–Kier alpha value is -1.60. The number of fused-ring (bicyclic) bond motifs is 2. The summed E-state index contributed by atoms with van der Waals surface area (Å²) in [5, 5.41) is 22.2. The first-order chi connectivity index (χ1) is 13.7. The van der Waals surface area contributed by atoms with Crippen molar-refractivity contribution in [2.75, 3.05) is 6.54 Å². The first-order valence-corrected chi connectivity index (χ1v) is 11.1. The molecule has 0 spiro atoms. The Kier molecular flexibility index (Phi) is 5.40. The number of hydrogen-bond donors (Lipinski definition) is 3. The summed E-state index contributed by atoms with van der Waals surface area (Å²) in [7, 11) is 0. The van der Waals surface area contributed by atoms with Crippen LogP contribution in [0.25, 0.3) is 0 Å². The monoisotopic (exact) mass is 621 g/mol. The lowest BCUT2D eigenvalue weighted by Crippen LogP contribution is -2.54. The summed E-state index contributed by atoms with van der Waals surface area (Å²) in [6.07, 6.45) is 1.49. The van der Waals surface area contributed by atoms with Crippen molar-refractivity contribution >= 4 is 57.1 Å². The lowest BCUT2D eigenvalue weighted by Gasteiger charge is -2.27. The number of carboxylic acid groups (broad SMARTS) is 2. The first kappa shape index (κ1) is 20.7. The van der Waals surface area contributed by atoms with Gasteiger partial charge in [-0.1, -0.05) is 0 Å². The largest absolute Gasteiger partial charge is 0.475 e. The van der Waals surface area contributed by atoms with E-state index in [1.807, 2.05) is 0 Å². The molecule has 0 saturated heterocycles. The molecule has 0 saturated carbocycles. The summed E-state index contributed by atoms with van der Waals surface area (Å²) in [6.45, 7) is 2.86. The molecule has 0 amide bonds. The van der Waals surface area contributed by atoms with Crippen molar-refractivity contribution in [2.45, 2.75) is 31.6 Å². The summed E-state index contributed by atoms with van der Waals surface area (Å²) in [6, 6.07) is 7.75. The number of rotatable bonds is 4. The van der Waals surface area contributed by atoms with Crippen LogP contribution in [0.15, 0.2) is 24.3 Å². The molecule has 2 aliphatic rings. The molecule has 3 N–H and O–H groups in total. The van der Waals surface area contributed by atoms with E-state index in [9.17, 15) is 19.8 Å². The average Bonchev–Trinajstić information content (AvgIpc) is 3.05. The van der Waals surface area contributed by atoms with Crippen LogP contribution in [-0.4, -0.2) is 34.5 Å². The second-order valence-corrected chi connectivity index (χ2v) is 9.40. The van der Waals surface area contributed by atoms with Crippen molar-refractivity contribution in [2.24, 2.45) is 0 Å². The van der Waals surface area contributed by atoms with Gasteiger partial charge in [-0.3, -0.25) is 0 Å². The molecule has 1 atom stereocenters. The van der Waals surface area contributed by atoms with Gasteiger partial charge in [0.05, 0.1) is 0 Å². The Labute approximate surface area is 194 Å². The third-order valence-electron chi connectivity index (χ3n) is 5.22. The van der Waals surface area contributed by atoms with E-state index in [1.54, 1.807) is 12.1 Å². The van der Waals surface area contributed by atoms with Crippen LogP contribution in [0, 0.1) is 14.1 Å². The SMILES string of the molecule is Cc1c(I)cc(CC2NCCc3cc4c(cc32)OC(C(=O)O)(C(=O)O)O4)cc1I. The van der Waals surface area contributed by atoms with Crippen molar-refractivity contribution in [1.29, 1.82) is 0 Å². The normalized spacial score (nSPS) is 18.9. The van der Waals surface area contributed by atoms with Crippen LogP contribution in [0.5, 0.6) is 11.5 Å². The Bertz CT molecular complexity index is 1000. The first-order valence-electron chi connectivity index (χ1n) is 8.91. The highest BCUT2D eigenvalue weighted by Crippen LogP contribution is 2.44. The Balaban J connectivity index is 1.68. The van der Waals surface area contributed by atoms with Crippen molar-refractivity contribution in [1.82, 2.24) is 5.32 Å². The highest BCUT2D eigenvalue weighted by Gasteiger charge is 2.58. The number of carbonyl (C=O) groups is 2. The van der Waals surface area contributed by atoms with Gasteiger partial charge < -0.3 is 25.0 Å². The predicted octanol–water partition coefficient (Wildman–Crippen LogP) is 3.27. The van der Waals surface area contributed by atoms with Gasteiger partial charge in [-0.15, -0.1) is 0 Å². The van der Waals surface area contributed by atoms with Crippen molar-refractivity contribution in [3.63, 3.8) is 0 Å². The molecule has 152 valence electrons. The van der Waals surface area contributed by atoms with E-state index in [2.05, 4.69) is 69.6 Å². The number of carboxylic acids is 2. The van der Waals surface area contributed by atoms with E-state index in [4.69, 9.17) is 9.47 Å². The second-order valence-electron chi connectivity index (χ2n) is 7.07. The zero-order valence-electron chi connectivity index (χ0n) is 15.3. The van der Waals surface area contributed by atoms with Crippen molar-refractivity contribution < 1.29 is 29.3 Å². The van der Waals surface area contributed by atoms with Gasteiger partial charge in [-0.25, -0.2) is 9.59 Å². The summed E-state index contributed by atoms with van der Waals surface area (Å²) < 4.78 is 12.9. The van der Waals surface area contributed by atoms with Crippen LogP contribution in [0.2, 0.25) is 0 Å². The number of aliphatic carboxylic acids is 2. The Morgan fingerprint density at radius 1 is 1.10 bits per heavy atom. The van der Waals surface area contributed by atoms with Gasteiger partial charge in [0.15, 0.2) is 11.5 Å². The smallest absolute Gasteiger partial charge is 0.453 e. The van der Waals surface area contributed by atoms with Gasteiger partial charge >= 0.3 is 17.7 Å². The topological polar surface area (TPSA) is 105 Å². The minimum atomic E-state index is -2.74. The van der Waals surface area contributed by atoms with E-state index in [0.717, 1.165) is 30.5 Å². The number of ether oxygens (including phenoxy) is 2. The van der Waals surface area contributed by atoms with Crippen molar-refractivity contribution in [3.8, 4) is 11.5 Å². The minimum Gasteiger partial charge on any atom is -0.475 e. The maximum Gasteiger partial charge on any atom is 0.453 e. The molecule has 2 heterocycles. The summed E-state index contributed by atoms with van der Waals surface area (Å²) in [5.74, 6) is -5.85. The number of benzene rings is 2. The standard InChI is InChI=1S/C20H17I2NO6/c1-9-13(21)4-10(5-14(9)22)6-15-12-8-17-16(7-11(12)2-3-23-15)28-20(29-17,18(24)25)19(26)27/h4-5,7-8,15,23H,2-3,6H2,1H3,(H,24,25)(H,26,27). The zero-order chi connectivity index (χ0) is 20.9. The van der Waals surface area contributed by atoms with E-state index < -0.39 is 17.7 Å². The molecule has 0 fully saturated rings. The molecule has 7 nitrogen and oxygen atoms in total. The lowest BCUT2D eigenvalue weighted by molar-refractivity contribution is -0.194. The maximum absolute atomic E-state index is 11.5. The molecule has 29 heavy (non-hydrogen) atoms. The number of hydrogen-bond acceptors (Lipinski definition) is 5. The van der Waals surface area contributed by atoms with E-state index in [-0.39, 0.29) is 17.5 Å². The van der Waals surface area contributed by atoms with Crippen LogP contribution in [-0.2, 0) is 22.4 Å². The average molecular weight is 621 g/mol. The van der Waals surface area contributed by atoms with Gasteiger partial charge in [0, 0.05) is 13.2 Å². The fourth-order valence-electron chi connectivity index (χ4n) is 3.64. The fourth-order valence-corrected chi connectivity index (χ4v) is 5.54. The molecule has 0 aliphatic carbocycles. The highest BCUT2D eigenvalue weighted by atomic mass is 127. The van der Waals surface area contributed by atoms with Crippen LogP contribution < -0.4 is 14.8 Å². The predicted molar refractivity (Wildman–Crippen MR) is 120 cm³/mol. The summed E-state index contributed by atoms with van der Waals surface area (Å²) in [4.78, 5) is 23.0. The van der Waals surface area contributed by atoms with Gasteiger partial charge in [-0.05, 0) is 118 Å². The molecule has 2 aromatic rings. The van der Waals surface area contributed by atoms with E-state index in [1.165, 1.54) is 18.3 Å². The molecule has 0 aromatic heterocycles. The molecular formula is C20H17I2NO6. The highest BCUT2D eigenvalue weighted by molar-refractivity contribution is 14.1. The van der Waals surface area contributed by atoms with Gasteiger partial charge in [0.25, 0.3) is 0 Å². The van der Waals surface area contributed by atoms with E-state index in [0.29, 0.717) is 0 Å². The lowest BCUT2D eigenvalue weighted by atomic mass is 9.89. The Morgan fingerprint density at radius 3 is 2.28 bits per heavy atom. The van der Waals surface area contributed by atoms with Gasteiger partial charge in [0.2, 0.25) is 0 Å². The molecule has 9 heteroatoms. The number of nitrogens with one attached hydrogen (secondary N) is 1. The second kappa shape index (κ2) is 7.58. The van der Waals surface area contributed by atoms with E-state index >= 15 is 0 Å². The quantitative estimate of drug-likeness (QED) is 0.356. The molecule has 2 aromatic carbocycles. The number of halogens is 2.